The van der Waals surface area contributed by atoms with E-state index >= 15 is 0 Å². The fourth-order valence-electron chi connectivity index (χ4n) is 7.95. The van der Waals surface area contributed by atoms with E-state index in [1.165, 1.54) is 65.3 Å². The van der Waals surface area contributed by atoms with E-state index in [9.17, 15) is 0 Å². The number of para-hydroxylation sites is 1. The van der Waals surface area contributed by atoms with E-state index in [4.69, 9.17) is 4.42 Å². The Morgan fingerprint density at radius 3 is 1.93 bits per heavy atom. The predicted octanol–water partition coefficient (Wildman–Crippen LogP) is 10.8. The van der Waals surface area contributed by atoms with Crippen molar-refractivity contribution in [2.75, 3.05) is 0 Å². The van der Waals surface area contributed by atoms with Crippen molar-refractivity contribution in [1.29, 1.82) is 0 Å². The van der Waals surface area contributed by atoms with Crippen LogP contribution in [-0.4, -0.2) is 4.57 Å². The van der Waals surface area contributed by atoms with Gasteiger partial charge in [-0.15, -0.1) is 0 Å². The second-order valence-electron chi connectivity index (χ2n) is 12.1. The number of benzene rings is 6. The number of hydrogen-bond donors (Lipinski definition) is 0. The zero-order valence-corrected chi connectivity index (χ0v) is 22.8. The summed E-state index contributed by atoms with van der Waals surface area (Å²) in [6, 6.07) is 42.4. The molecule has 41 heavy (non-hydrogen) atoms. The minimum Gasteiger partial charge on any atom is -0.456 e. The molecule has 0 spiro atoms. The quantitative estimate of drug-likeness (QED) is 0.209. The lowest BCUT2D eigenvalue weighted by Crippen LogP contribution is -2.15. The molecular weight excluding hydrogens is 498 g/mol. The first kappa shape index (κ1) is 21.7. The zero-order chi connectivity index (χ0) is 27.0. The van der Waals surface area contributed by atoms with Crippen LogP contribution in [0.1, 0.15) is 25.0 Å². The van der Waals surface area contributed by atoms with Crippen molar-refractivity contribution in [2.24, 2.45) is 0 Å². The Labute approximate surface area is 236 Å². The standard InChI is InChI=1S/C39H25NO/c1-39(2)29-14-7-12-27-23-9-3-4-10-24(23)28-13-8-15-31-36(28)38-32(20-19-30(39)37(38)35(27)29)40(31)22-17-18-26-25-11-5-6-16-33(25)41-34(26)21-22/h3-21H,1-2H3. The molecule has 0 radical (unpaired) electrons. The Morgan fingerprint density at radius 1 is 0.463 bits per heavy atom. The van der Waals surface area contributed by atoms with Gasteiger partial charge in [0.2, 0.25) is 0 Å². The monoisotopic (exact) mass is 523 g/mol. The van der Waals surface area contributed by atoms with E-state index in [2.05, 4.69) is 128 Å². The maximum absolute atomic E-state index is 6.35. The van der Waals surface area contributed by atoms with E-state index in [-0.39, 0.29) is 5.41 Å². The predicted molar refractivity (Wildman–Crippen MR) is 173 cm³/mol. The number of nitrogens with zero attached hydrogens (tertiary/aromatic N) is 1. The van der Waals surface area contributed by atoms with E-state index in [1.54, 1.807) is 0 Å². The van der Waals surface area contributed by atoms with E-state index in [0.29, 0.717) is 0 Å². The summed E-state index contributed by atoms with van der Waals surface area (Å²) < 4.78 is 8.80. The number of hydrogen-bond acceptors (Lipinski definition) is 1. The van der Waals surface area contributed by atoms with Crippen LogP contribution in [0.25, 0.3) is 81.7 Å². The summed E-state index contributed by atoms with van der Waals surface area (Å²) in [5, 5.41) is 13.0. The lowest BCUT2D eigenvalue weighted by Gasteiger charge is -2.22. The molecule has 0 amide bonds. The Morgan fingerprint density at radius 2 is 1.10 bits per heavy atom. The summed E-state index contributed by atoms with van der Waals surface area (Å²) in [4.78, 5) is 0. The lowest BCUT2D eigenvalue weighted by atomic mass is 9.81. The molecule has 10 rings (SSSR count). The minimum atomic E-state index is -0.0787. The van der Waals surface area contributed by atoms with Crippen molar-refractivity contribution in [3.8, 4) is 5.69 Å². The summed E-state index contributed by atoms with van der Waals surface area (Å²) in [6.45, 7) is 4.76. The average Bonchev–Trinajstić information content (AvgIpc) is 3.62. The number of furan rings is 1. The van der Waals surface area contributed by atoms with Gasteiger partial charge in [-0.1, -0.05) is 92.7 Å². The van der Waals surface area contributed by atoms with Crippen molar-refractivity contribution in [2.45, 2.75) is 19.3 Å². The van der Waals surface area contributed by atoms with Crippen LogP contribution in [0.3, 0.4) is 0 Å². The highest BCUT2D eigenvalue weighted by atomic mass is 16.3. The number of rotatable bonds is 1. The van der Waals surface area contributed by atoms with Gasteiger partial charge in [-0.2, -0.15) is 0 Å². The first-order valence-corrected chi connectivity index (χ1v) is 14.4. The molecule has 9 aromatic rings. The van der Waals surface area contributed by atoms with Crippen molar-refractivity contribution in [3.63, 3.8) is 0 Å². The summed E-state index contributed by atoms with van der Waals surface area (Å²) >= 11 is 0. The molecule has 2 heterocycles. The molecule has 0 saturated carbocycles. The molecule has 0 atom stereocenters. The van der Waals surface area contributed by atoms with Crippen molar-refractivity contribution < 1.29 is 4.42 Å². The SMILES string of the molecule is CC1(C)c2cccc3c4ccccc4c4cccc5c4c4c(c1ccc4n5-c1ccc4c(c1)oc1ccccc14)c23. The summed E-state index contributed by atoms with van der Waals surface area (Å²) in [6.07, 6.45) is 0. The second-order valence-corrected chi connectivity index (χ2v) is 12.1. The van der Waals surface area contributed by atoms with E-state index in [0.717, 1.165) is 27.6 Å². The van der Waals surface area contributed by atoms with Crippen LogP contribution in [0.2, 0.25) is 0 Å². The van der Waals surface area contributed by atoms with Crippen molar-refractivity contribution >= 4 is 76.1 Å². The normalized spacial score (nSPS) is 14.3. The Bertz CT molecular complexity index is 2610. The molecule has 7 aromatic carbocycles. The topological polar surface area (TPSA) is 18.1 Å². The van der Waals surface area contributed by atoms with Gasteiger partial charge in [0.25, 0.3) is 0 Å². The molecule has 0 bridgehead atoms. The van der Waals surface area contributed by atoms with Gasteiger partial charge >= 0.3 is 0 Å². The Hall–Kier alpha value is -5.08. The summed E-state index contributed by atoms with van der Waals surface area (Å²) in [5.74, 6) is 0. The molecule has 0 unspecified atom stereocenters. The molecule has 0 fully saturated rings. The third-order valence-electron chi connectivity index (χ3n) is 9.75. The second kappa shape index (κ2) is 7.16. The van der Waals surface area contributed by atoms with Gasteiger partial charge < -0.3 is 8.98 Å². The van der Waals surface area contributed by atoms with E-state index in [1.807, 2.05) is 6.07 Å². The van der Waals surface area contributed by atoms with Gasteiger partial charge in [0.15, 0.2) is 0 Å². The van der Waals surface area contributed by atoms with Crippen LogP contribution in [0, 0.1) is 0 Å². The third-order valence-corrected chi connectivity index (χ3v) is 9.75. The largest absolute Gasteiger partial charge is 0.456 e. The first-order valence-electron chi connectivity index (χ1n) is 14.4. The Kier molecular flexibility index (Phi) is 3.79. The molecule has 0 aliphatic heterocycles. The van der Waals surface area contributed by atoms with Crippen LogP contribution in [-0.2, 0) is 5.41 Å². The van der Waals surface area contributed by atoms with Crippen molar-refractivity contribution in [1.82, 2.24) is 4.57 Å². The number of aromatic nitrogens is 1. The maximum atomic E-state index is 6.35. The zero-order valence-electron chi connectivity index (χ0n) is 22.8. The highest BCUT2D eigenvalue weighted by Crippen LogP contribution is 2.53. The van der Waals surface area contributed by atoms with Crippen LogP contribution >= 0.6 is 0 Å². The molecule has 2 aromatic heterocycles. The van der Waals surface area contributed by atoms with Crippen LogP contribution in [0.15, 0.2) is 120 Å². The summed E-state index contributed by atoms with van der Waals surface area (Å²) in [7, 11) is 0. The van der Waals surface area contributed by atoms with Gasteiger partial charge in [0.1, 0.15) is 11.2 Å². The molecular formula is C39H25NO. The Balaban J connectivity index is 1.48. The van der Waals surface area contributed by atoms with Crippen LogP contribution in [0.5, 0.6) is 0 Å². The van der Waals surface area contributed by atoms with Crippen molar-refractivity contribution in [3.05, 3.63) is 126 Å². The molecule has 0 saturated heterocycles. The van der Waals surface area contributed by atoms with E-state index < -0.39 is 0 Å². The van der Waals surface area contributed by atoms with Crippen LogP contribution < -0.4 is 0 Å². The molecule has 1 aliphatic rings. The fourth-order valence-corrected chi connectivity index (χ4v) is 7.95. The van der Waals surface area contributed by atoms with Gasteiger partial charge in [-0.3, -0.25) is 0 Å². The first-order chi connectivity index (χ1) is 20.1. The van der Waals surface area contributed by atoms with Crippen LogP contribution in [0.4, 0.5) is 0 Å². The maximum Gasteiger partial charge on any atom is 0.137 e. The van der Waals surface area contributed by atoms with Gasteiger partial charge in [0.05, 0.1) is 11.0 Å². The van der Waals surface area contributed by atoms with Gasteiger partial charge in [0, 0.05) is 38.7 Å². The molecule has 0 N–H and O–H groups in total. The lowest BCUT2D eigenvalue weighted by molar-refractivity contribution is 0.663. The minimum absolute atomic E-state index is 0.0787. The highest BCUT2D eigenvalue weighted by molar-refractivity contribution is 6.35. The molecule has 2 nitrogen and oxygen atoms in total. The molecule has 1 aliphatic carbocycles. The highest BCUT2D eigenvalue weighted by Gasteiger charge is 2.35. The fraction of sp³-hybridized carbons (Fsp3) is 0.0769. The van der Waals surface area contributed by atoms with Gasteiger partial charge in [-0.25, -0.2) is 0 Å². The molecule has 192 valence electrons. The average molecular weight is 524 g/mol. The molecule has 2 heteroatoms. The van der Waals surface area contributed by atoms with Gasteiger partial charge in [-0.05, 0) is 73.8 Å². The summed E-state index contributed by atoms with van der Waals surface area (Å²) in [5.41, 5.74) is 8.17. The smallest absolute Gasteiger partial charge is 0.137 e. The third kappa shape index (κ3) is 2.50. The number of fused-ring (bicyclic) bond motifs is 6.